The molecule has 108 valence electrons. The Morgan fingerprint density at radius 1 is 1.11 bits per heavy atom. The van der Waals surface area contributed by atoms with E-state index in [2.05, 4.69) is 45.1 Å². The Morgan fingerprint density at radius 2 is 1.67 bits per heavy atom. The Balaban J connectivity index is 2.36. The Morgan fingerprint density at radius 3 is 2.11 bits per heavy atom. The van der Waals surface area contributed by atoms with Crippen LogP contribution in [0.15, 0.2) is 0 Å². The van der Waals surface area contributed by atoms with Crippen LogP contribution in [-0.2, 0) is 0 Å². The summed E-state index contributed by atoms with van der Waals surface area (Å²) in [4.78, 5) is 2.61. The molecule has 0 spiro atoms. The predicted octanol–water partition coefficient (Wildman–Crippen LogP) is 3.67. The molecule has 18 heavy (non-hydrogen) atoms. The lowest BCUT2D eigenvalue weighted by molar-refractivity contribution is 0.184. The first-order valence-electron chi connectivity index (χ1n) is 7.82. The third kappa shape index (κ3) is 5.27. The predicted molar refractivity (Wildman–Crippen MR) is 81.0 cm³/mol. The molecule has 1 rings (SSSR count). The summed E-state index contributed by atoms with van der Waals surface area (Å²) in [5.41, 5.74) is 0.360. The number of nitrogens with zero attached hydrogens (tertiary/aromatic N) is 1. The third-order valence-electron chi connectivity index (χ3n) is 4.61. The van der Waals surface area contributed by atoms with Gasteiger partial charge in [0.2, 0.25) is 0 Å². The summed E-state index contributed by atoms with van der Waals surface area (Å²) >= 11 is 0. The molecule has 1 aliphatic carbocycles. The molecule has 0 aromatic carbocycles. The van der Waals surface area contributed by atoms with Crippen LogP contribution in [0.1, 0.15) is 65.7 Å². The molecule has 0 saturated heterocycles. The van der Waals surface area contributed by atoms with Crippen LogP contribution in [0.25, 0.3) is 0 Å². The second-order valence-corrected chi connectivity index (χ2v) is 7.12. The standard InChI is InChI=1S/C16H34N2/c1-16(2,3)15(17-4)12-13-18(5)14-10-8-6-7-9-11-14/h14-15,17H,6-13H2,1-5H3. The highest BCUT2D eigenvalue weighted by Gasteiger charge is 2.24. The van der Waals surface area contributed by atoms with Crippen molar-refractivity contribution in [1.29, 1.82) is 0 Å². The lowest BCUT2D eigenvalue weighted by Gasteiger charge is -2.34. The molecule has 0 aromatic heterocycles. The lowest BCUT2D eigenvalue weighted by atomic mass is 9.84. The minimum atomic E-state index is 0.360. The third-order valence-corrected chi connectivity index (χ3v) is 4.61. The fraction of sp³-hybridized carbons (Fsp3) is 1.00. The van der Waals surface area contributed by atoms with Crippen molar-refractivity contribution in [1.82, 2.24) is 10.2 Å². The molecular formula is C16H34N2. The van der Waals surface area contributed by atoms with Crippen molar-refractivity contribution >= 4 is 0 Å². The monoisotopic (exact) mass is 254 g/mol. The molecule has 2 heteroatoms. The largest absolute Gasteiger partial charge is 0.316 e. The van der Waals surface area contributed by atoms with Gasteiger partial charge in [-0.2, -0.15) is 0 Å². The quantitative estimate of drug-likeness (QED) is 0.753. The van der Waals surface area contributed by atoms with Crippen LogP contribution in [0.3, 0.4) is 0 Å². The summed E-state index contributed by atoms with van der Waals surface area (Å²) < 4.78 is 0. The summed E-state index contributed by atoms with van der Waals surface area (Å²) in [6.45, 7) is 8.23. The van der Waals surface area contributed by atoms with E-state index < -0.39 is 0 Å². The SMILES string of the molecule is CNC(CCN(C)C1CCCCCC1)C(C)(C)C. The van der Waals surface area contributed by atoms with Gasteiger partial charge in [0, 0.05) is 12.1 Å². The van der Waals surface area contributed by atoms with E-state index in [4.69, 9.17) is 0 Å². The molecule has 0 aromatic rings. The van der Waals surface area contributed by atoms with Gasteiger partial charge in [-0.3, -0.25) is 0 Å². The molecule has 1 fully saturated rings. The molecule has 0 amide bonds. The minimum Gasteiger partial charge on any atom is -0.316 e. The van der Waals surface area contributed by atoms with E-state index in [0.29, 0.717) is 11.5 Å². The van der Waals surface area contributed by atoms with Crippen molar-refractivity contribution in [3.8, 4) is 0 Å². The average Bonchev–Trinajstić information content (AvgIpc) is 2.56. The summed E-state index contributed by atoms with van der Waals surface area (Å²) in [6.07, 6.45) is 9.85. The van der Waals surface area contributed by atoms with Crippen molar-refractivity contribution in [3.05, 3.63) is 0 Å². The van der Waals surface area contributed by atoms with Crippen LogP contribution in [0.5, 0.6) is 0 Å². The molecule has 1 N–H and O–H groups in total. The van der Waals surface area contributed by atoms with Gasteiger partial charge in [-0.1, -0.05) is 46.5 Å². The van der Waals surface area contributed by atoms with Crippen LogP contribution in [0.2, 0.25) is 0 Å². The Labute approximate surface area is 115 Å². The number of hydrogen-bond donors (Lipinski definition) is 1. The van der Waals surface area contributed by atoms with Gasteiger partial charge in [0.25, 0.3) is 0 Å². The molecule has 1 aliphatic rings. The molecule has 1 atom stereocenters. The smallest absolute Gasteiger partial charge is 0.0125 e. The van der Waals surface area contributed by atoms with E-state index in [1.807, 2.05) is 0 Å². The van der Waals surface area contributed by atoms with E-state index in [-0.39, 0.29) is 0 Å². The Bertz CT molecular complexity index is 212. The van der Waals surface area contributed by atoms with E-state index in [9.17, 15) is 0 Å². The fourth-order valence-corrected chi connectivity index (χ4v) is 3.22. The molecule has 0 bridgehead atoms. The number of hydrogen-bond acceptors (Lipinski definition) is 2. The van der Waals surface area contributed by atoms with Gasteiger partial charge in [-0.15, -0.1) is 0 Å². The zero-order valence-electron chi connectivity index (χ0n) is 13.3. The highest BCUT2D eigenvalue weighted by Crippen LogP contribution is 2.24. The molecule has 1 saturated carbocycles. The second kappa shape index (κ2) is 7.49. The van der Waals surface area contributed by atoms with Gasteiger partial charge in [-0.25, -0.2) is 0 Å². The van der Waals surface area contributed by atoms with Crippen molar-refractivity contribution in [2.75, 3.05) is 20.6 Å². The molecule has 1 unspecified atom stereocenters. The fourth-order valence-electron chi connectivity index (χ4n) is 3.22. The Kier molecular flexibility index (Phi) is 6.65. The number of rotatable bonds is 5. The summed E-state index contributed by atoms with van der Waals surface area (Å²) in [7, 11) is 4.42. The molecule has 0 radical (unpaired) electrons. The topological polar surface area (TPSA) is 15.3 Å². The van der Waals surface area contributed by atoms with Crippen LogP contribution >= 0.6 is 0 Å². The maximum absolute atomic E-state index is 3.49. The molecule has 0 aliphatic heterocycles. The maximum atomic E-state index is 3.49. The van der Waals surface area contributed by atoms with E-state index in [1.54, 1.807) is 0 Å². The summed E-state index contributed by atoms with van der Waals surface area (Å²) in [5, 5.41) is 3.49. The minimum absolute atomic E-state index is 0.360. The second-order valence-electron chi connectivity index (χ2n) is 7.12. The highest BCUT2D eigenvalue weighted by molar-refractivity contribution is 4.81. The first kappa shape index (κ1) is 16.0. The van der Waals surface area contributed by atoms with Gasteiger partial charge in [-0.05, 0) is 45.3 Å². The molecule has 0 heterocycles. The summed E-state index contributed by atoms with van der Waals surface area (Å²) in [6, 6.07) is 1.45. The van der Waals surface area contributed by atoms with Gasteiger partial charge in [0.1, 0.15) is 0 Å². The van der Waals surface area contributed by atoms with Crippen molar-refractivity contribution in [2.24, 2.45) is 5.41 Å². The van der Waals surface area contributed by atoms with Crippen molar-refractivity contribution in [2.45, 2.75) is 77.8 Å². The van der Waals surface area contributed by atoms with E-state index >= 15 is 0 Å². The number of nitrogens with one attached hydrogen (secondary N) is 1. The maximum Gasteiger partial charge on any atom is 0.0125 e. The Hall–Kier alpha value is -0.0800. The highest BCUT2D eigenvalue weighted by atomic mass is 15.1. The summed E-state index contributed by atoms with van der Waals surface area (Å²) in [5.74, 6) is 0. The normalized spacial score (nSPS) is 21.0. The lowest BCUT2D eigenvalue weighted by Crippen LogP contribution is -2.42. The molecule has 2 nitrogen and oxygen atoms in total. The van der Waals surface area contributed by atoms with Crippen LogP contribution in [0.4, 0.5) is 0 Å². The van der Waals surface area contributed by atoms with Gasteiger partial charge < -0.3 is 10.2 Å². The first-order valence-corrected chi connectivity index (χ1v) is 7.82. The van der Waals surface area contributed by atoms with Crippen LogP contribution in [-0.4, -0.2) is 37.6 Å². The van der Waals surface area contributed by atoms with Crippen LogP contribution < -0.4 is 5.32 Å². The van der Waals surface area contributed by atoms with E-state index in [1.165, 1.54) is 51.5 Å². The van der Waals surface area contributed by atoms with Crippen molar-refractivity contribution in [3.63, 3.8) is 0 Å². The van der Waals surface area contributed by atoms with E-state index in [0.717, 1.165) is 6.04 Å². The average molecular weight is 254 g/mol. The van der Waals surface area contributed by atoms with Gasteiger partial charge in [0.05, 0.1) is 0 Å². The molecular weight excluding hydrogens is 220 g/mol. The van der Waals surface area contributed by atoms with Crippen molar-refractivity contribution < 1.29 is 0 Å². The van der Waals surface area contributed by atoms with Gasteiger partial charge in [0.15, 0.2) is 0 Å². The van der Waals surface area contributed by atoms with Gasteiger partial charge >= 0.3 is 0 Å². The zero-order chi connectivity index (χ0) is 13.6. The zero-order valence-corrected chi connectivity index (χ0v) is 13.3. The first-order chi connectivity index (χ1) is 8.45. The van der Waals surface area contributed by atoms with Crippen LogP contribution in [0, 0.1) is 5.41 Å².